The Labute approximate surface area is 131 Å². The molecule has 0 amide bonds. The first-order valence-corrected chi connectivity index (χ1v) is 7.98. The van der Waals surface area contributed by atoms with Crippen molar-refractivity contribution in [2.24, 2.45) is 0 Å². The molecule has 0 radical (unpaired) electrons. The Bertz CT molecular complexity index is 809. The minimum Gasteiger partial charge on any atom is -0.369 e. The standard InChI is InChI=1S/C20H20N2/c1-22(14-15-8-3-2-4-9-15)20-16-10-5-6-12-18(16)21-19-13-7-11-17(19)20/h2-6,8-10,12H,7,11,13-14H2,1H3. The summed E-state index contributed by atoms with van der Waals surface area (Å²) < 4.78 is 0. The molecule has 0 unspecified atom stereocenters. The van der Waals surface area contributed by atoms with Crippen molar-refractivity contribution < 1.29 is 0 Å². The first kappa shape index (κ1) is 13.3. The second kappa shape index (κ2) is 5.45. The molecule has 1 aliphatic rings. The van der Waals surface area contributed by atoms with E-state index < -0.39 is 0 Å². The Morgan fingerprint density at radius 3 is 2.59 bits per heavy atom. The van der Waals surface area contributed by atoms with Crippen molar-refractivity contribution in [3.8, 4) is 0 Å². The minimum atomic E-state index is 0.932. The summed E-state index contributed by atoms with van der Waals surface area (Å²) in [5, 5.41) is 1.28. The smallest absolute Gasteiger partial charge is 0.0726 e. The molecule has 1 aliphatic carbocycles. The van der Waals surface area contributed by atoms with Crippen molar-refractivity contribution in [3.05, 3.63) is 71.4 Å². The average molecular weight is 288 g/mol. The topological polar surface area (TPSA) is 16.1 Å². The molecule has 0 saturated carbocycles. The van der Waals surface area contributed by atoms with Crippen LogP contribution in [0.25, 0.3) is 10.9 Å². The molecule has 110 valence electrons. The lowest BCUT2D eigenvalue weighted by Crippen LogP contribution is -2.19. The maximum atomic E-state index is 4.88. The summed E-state index contributed by atoms with van der Waals surface area (Å²) in [5.41, 5.74) is 6.60. The highest BCUT2D eigenvalue weighted by molar-refractivity contribution is 5.94. The van der Waals surface area contributed by atoms with Crippen molar-refractivity contribution in [2.75, 3.05) is 11.9 Å². The fraction of sp³-hybridized carbons (Fsp3) is 0.250. The first-order chi connectivity index (χ1) is 10.8. The maximum absolute atomic E-state index is 4.88. The van der Waals surface area contributed by atoms with Gasteiger partial charge in [-0.25, -0.2) is 0 Å². The Balaban J connectivity index is 1.83. The number of aryl methyl sites for hydroxylation is 1. The highest BCUT2D eigenvalue weighted by Crippen LogP contribution is 2.36. The Morgan fingerprint density at radius 2 is 1.73 bits per heavy atom. The zero-order chi connectivity index (χ0) is 14.9. The summed E-state index contributed by atoms with van der Waals surface area (Å²) in [6.07, 6.45) is 3.50. The number of hydrogen-bond donors (Lipinski definition) is 0. The van der Waals surface area contributed by atoms with Gasteiger partial charge in [0.15, 0.2) is 0 Å². The molecule has 1 heterocycles. The number of fused-ring (bicyclic) bond motifs is 2. The maximum Gasteiger partial charge on any atom is 0.0726 e. The van der Waals surface area contributed by atoms with E-state index in [9.17, 15) is 0 Å². The minimum absolute atomic E-state index is 0.932. The van der Waals surface area contributed by atoms with E-state index in [0.717, 1.165) is 24.9 Å². The van der Waals surface area contributed by atoms with Gasteiger partial charge in [-0.1, -0.05) is 48.5 Å². The molecule has 0 N–H and O–H groups in total. The van der Waals surface area contributed by atoms with E-state index in [4.69, 9.17) is 4.98 Å². The number of para-hydroxylation sites is 1. The van der Waals surface area contributed by atoms with Gasteiger partial charge < -0.3 is 4.90 Å². The fourth-order valence-electron chi connectivity index (χ4n) is 3.56. The van der Waals surface area contributed by atoms with Crippen LogP contribution in [-0.2, 0) is 19.4 Å². The van der Waals surface area contributed by atoms with Gasteiger partial charge in [0.05, 0.1) is 11.2 Å². The van der Waals surface area contributed by atoms with Crippen molar-refractivity contribution in [1.29, 1.82) is 0 Å². The molecule has 0 fully saturated rings. The summed E-state index contributed by atoms with van der Waals surface area (Å²) in [7, 11) is 2.20. The predicted molar refractivity (Wildman–Crippen MR) is 92.3 cm³/mol. The van der Waals surface area contributed by atoms with E-state index in [2.05, 4.69) is 66.5 Å². The van der Waals surface area contributed by atoms with Crippen LogP contribution >= 0.6 is 0 Å². The van der Waals surface area contributed by atoms with E-state index in [0.29, 0.717) is 0 Å². The van der Waals surface area contributed by atoms with Crippen LogP contribution in [0, 0.1) is 0 Å². The Hall–Kier alpha value is -2.35. The van der Waals surface area contributed by atoms with E-state index in [1.54, 1.807) is 0 Å². The molecule has 0 bridgehead atoms. The summed E-state index contributed by atoms with van der Waals surface area (Å²) >= 11 is 0. The fourth-order valence-corrected chi connectivity index (χ4v) is 3.56. The number of hydrogen-bond acceptors (Lipinski definition) is 2. The molecular formula is C20H20N2. The van der Waals surface area contributed by atoms with Gasteiger partial charge in [0.2, 0.25) is 0 Å². The van der Waals surface area contributed by atoms with Crippen LogP contribution in [0.4, 0.5) is 5.69 Å². The quantitative estimate of drug-likeness (QED) is 0.712. The van der Waals surface area contributed by atoms with Crippen molar-refractivity contribution >= 4 is 16.6 Å². The number of aromatic nitrogens is 1. The van der Waals surface area contributed by atoms with Crippen LogP contribution in [0.5, 0.6) is 0 Å². The average Bonchev–Trinajstić information content (AvgIpc) is 3.01. The molecule has 2 nitrogen and oxygen atoms in total. The van der Waals surface area contributed by atoms with Crippen LogP contribution in [-0.4, -0.2) is 12.0 Å². The van der Waals surface area contributed by atoms with E-state index in [1.807, 2.05) is 0 Å². The Morgan fingerprint density at radius 1 is 0.955 bits per heavy atom. The summed E-state index contributed by atoms with van der Waals surface area (Å²) in [6, 6.07) is 19.2. The molecule has 2 aromatic carbocycles. The third-order valence-electron chi connectivity index (χ3n) is 4.53. The highest BCUT2D eigenvalue weighted by atomic mass is 15.1. The first-order valence-electron chi connectivity index (χ1n) is 7.98. The second-order valence-electron chi connectivity index (χ2n) is 6.10. The molecule has 1 aromatic heterocycles. The molecule has 3 aromatic rings. The molecule has 4 rings (SSSR count). The van der Waals surface area contributed by atoms with Gasteiger partial charge in [0.25, 0.3) is 0 Å². The number of anilines is 1. The molecule has 0 aliphatic heterocycles. The summed E-state index contributed by atoms with van der Waals surface area (Å²) in [6.45, 7) is 0.932. The third-order valence-corrected chi connectivity index (χ3v) is 4.53. The SMILES string of the molecule is CN(Cc1ccccc1)c1c2c(nc3ccccc13)CCC2. The monoisotopic (exact) mass is 288 g/mol. The van der Waals surface area contributed by atoms with Gasteiger partial charge in [-0.15, -0.1) is 0 Å². The van der Waals surface area contributed by atoms with Crippen molar-refractivity contribution in [3.63, 3.8) is 0 Å². The van der Waals surface area contributed by atoms with Gasteiger partial charge in [-0.2, -0.15) is 0 Å². The lowest BCUT2D eigenvalue weighted by atomic mass is 10.1. The third kappa shape index (κ3) is 2.25. The normalized spacial score (nSPS) is 13.3. The second-order valence-corrected chi connectivity index (χ2v) is 6.10. The lowest BCUT2D eigenvalue weighted by Gasteiger charge is -2.24. The van der Waals surface area contributed by atoms with Gasteiger partial charge in [0, 0.05) is 24.7 Å². The van der Waals surface area contributed by atoms with Crippen LogP contribution in [0.15, 0.2) is 54.6 Å². The highest BCUT2D eigenvalue weighted by Gasteiger charge is 2.21. The molecule has 0 saturated heterocycles. The van der Waals surface area contributed by atoms with E-state index in [1.165, 1.54) is 34.3 Å². The largest absolute Gasteiger partial charge is 0.369 e. The molecule has 0 spiro atoms. The molecular weight excluding hydrogens is 268 g/mol. The van der Waals surface area contributed by atoms with Crippen LogP contribution in [0.3, 0.4) is 0 Å². The number of pyridine rings is 1. The van der Waals surface area contributed by atoms with E-state index >= 15 is 0 Å². The number of benzene rings is 2. The Kier molecular flexibility index (Phi) is 3.30. The van der Waals surface area contributed by atoms with Crippen LogP contribution < -0.4 is 4.90 Å². The summed E-state index contributed by atoms with van der Waals surface area (Å²) in [4.78, 5) is 7.27. The summed E-state index contributed by atoms with van der Waals surface area (Å²) in [5.74, 6) is 0. The molecule has 0 atom stereocenters. The lowest BCUT2D eigenvalue weighted by molar-refractivity contribution is 0.890. The zero-order valence-corrected chi connectivity index (χ0v) is 12.9. The zero-order valence-electron chi connectivity index (χ0n) is 12.9. The van der Waals surface area contributed by atoms with Crippen molar-refractivity contribution in [2.45, 2.75) is 25.8 Å². The van der Waals surface area contributed by atoms with Crippen molar-refractivity contribution in [1.82, 2.24) is 4.98 Å². The number of rotatable bonds is 3. The molecule has 2 heteroatoms. The molecule has 22 heavy (non-hydrogen) atoms. The number of nitrogens with zero attached hydrogens (tertiary/aromatic N) is 2. The van der Waals surface area contributed by atoms with Gasteiger partial charge in [-0.3, -0.25) is 4.98 Å². The predicted octanol–water partition coefficient (Wildman–Crippen LogP) is 4.36. The van der Waals surface area contributed by atoms with Gasteiger partial charge in [0.1, 0.15) is 0 Å². The van der Waals surface area contributed by atoms with Gasteiger partial charge in [-0.05, 0) is 36.5 Å². The van der Waals surface area contributed by atoms with Gasteiger partial charge >= 0.3 is 0 Å². The van der Waals surface area contributed by atoms with E-state index in [-0.39, 0.29) is 0 Å². The van der Waals surface area contributed by atoms with Crippen LogP contribution in [0.1, 0.15) is 23.2 Å². The van der Waals surface area contributed by atoms with Crippen LogP contribution in [0.2, 0.25) is 0 Å².